The molecule has 7 heteroatoms. The van der Waals surface area contributed by atoms with E-state index in [1.165, 1.54) is 0 Å². The van der Waals surface area contributed by atoms with Crippen LogP contribution < -0.4 is 0 Å². The summed E-state index contributed by atoms with van der Waals surface area (Å²) >= 11 is 3.78. The van der Waals surface area contributed by atoms with E-state index in [4.69, 9.17) is 0 Å². The zero-order valence-corrected chi connectivity index (χ0v) is 17.4. The van der Waals surface area contributed by atoms with E-state index in [2.05, 4.69) is 32.5 Å². The van der Waals surface area contributed by atoms with E-state index >= 15 is 0 Å². The van der Waals surface area contributed by atoms with Crippen LogP contribution in [0.3, 0.4) is 0 Å². The Morgan fingerprint density at radius 1 is 1.15 bits per heavy atom. The second kappa shape index (κ2) is 7.74. The molecule has 0 atom stereocenters. The van der Waals surface area contributed by atoms with Crippen molar-refractivity contribution in [1.82, 2.24) is 14.8 Å². The minimum absolute atomic E-state index is 0.116. The minimum Gasteiger partial charge on any atom is -0.336 e. The summed E-state index contributed by atoms with van der Waals surface area (Å²) in [6, 6.07) is 7.73. The van der Waals surface area contributed by atoms with Gasteiger partial charge in [0, 0.05) is 36.2 Å². The van der Waals surface area contributed by atoms with Crippen molar-refractivity contribution in [3.05, 3.63) is 49.0 Å². The first-order chi connectivity index (χ1) is 12.6. The first-order valence-corrected chi connectivity index (χ1v) is 10.8. The van der Waals surface area contributed by atoms with Crippen LogP contribution in [0.15, 0.2) is 24.3 Å². The van der Waals surface area contributed by atoms with Gasteiger partial charge in [0.25, 0.3) is 5.91 Å². The number of ketones is 1. The van der Waals surface area contributed by atoms with Gasteiger partial charge in [0.2, 0.25) is 0 Å². The Hall–Kier alpha value is -1.32. The van der Waals surface area contributed by atoms with Crippen molar-refractivity contribution in [2.45, 2.75) is 25.8 Å². The second-order valence-corrected chi connectivity index (χ2v) is 8.95. The van der Waals surface area contributed by atoms with Gasteiger partial charge in [0.1, 0.15) is 5.01 Å². The topological polar surface area (TPSA) is 53.5 Å². The number of amides is 1. The number of rotatable bonds is 3. The van der Waals surface area contributed by atoms with Crippen LogP contribution in [0.4, 0.5) is 0 Å². The van der Waals surface area contributed by atoms with Crippen LogP contribution in [0.1, 0.15) is 43.6 Å². The van der Waals surface area contributed by atoms with Crippen LogP contribution >= 0.6 is 33.9 Å². The van der Waals surface area contributed by atoms with E-state index in [0.29, 0.717) is 6.42 Å². The lowest BCUT2D eigenvalue weighted by Crippen LogP contribution is -2.48. The van der Waals surface area contributed by atoms with Gasteiger partial charge in [-0.2, -0.15) is 0 Å². The van der Waals surface area contributed by atoms with Crippen LogP contribution in [0.25, 0.3) is 0 Å². The zero-order valence-electron chi connectivity index (χ0n) is 14.4. The smallest absolute Gasteiger partial charge is 0.255 e. The van der Waals surface area contributed by atoms with Crippen molar-refractivity contribution in [1.29, 1.82) is 0 Å². The lowest BCUT2D eigenvalue weighted by atomic mass is 10.0. The molecular weight excluding hydrogens is 461 g/mol. The summed E-state index contributed by atoms with van der Waals surface area (Å²) < 4.78 is 0.996. The Kier molecular flexibility index (Phi) is 5.37. The fourth-order valence-corrected chi connectivity index (χ4v) is 5.23. The van der Waals surface area contributed by atoms with Crippen molar-refractivity contribution in [2.75, 3.05) is 26.2 Å². The lowest BCUT2D eigenvalue weighted by molar-refractivity contribution is 0.0627. The van der Waals surface area contributed by atoms with Crippen molar-refractivity contribution >= 4 is 45.6 Å². The summed E-state index contributed by atoms with van der Waals surface area (Å²) in [4.78, 5) is 34.5. The van der Waals surface area contributed by atoms with Gasteiger partial charge < -0.3 is 4.90 Å². The average Bonchev–Trinajstić information content (AvgIpc) is 3.06. The number of carbonyl (C=O) groups excluding carboxylic acids is 2. The van der Waals surface area contributed by atoms with Gasteiger partial charge in [0.15, 0.2) is 5.78 Å². The molecule has 0 saturated carbocycles. The molecule has 0 bridgehead atoms. The summed E-state index contributed by atoms with van der Waals surface area (Å²) in [5, 5.41) is 1.03. The third kappa shape index (κ3) is 3.70. The molecule has 4 rings (SSSR count). The highest BCUT2D eigenvalue weighted by atomic mass is 127. The Morgan fingerprint density at radius 3 is 2.65 bits per heavy atom. The van der Waals surface area contributed by atoms with E-state index in [1.807, 2.05) is 29.2 Å². The van der Waals surface area contributed by atoms with Crippen molar-refractivity contribution in [3.63, 3.8) is 0 Å². The summed E-state index contributed by atoms with van der Waals surface area (Å²) in [6.45, 7) is 3.91. The maximum atomic E-state index is 12.7. The van der Waals surface area contributed by atoms with Crippen LogP contribution in [-0.2, 0) is 13.0 Å². The summed E-state index contributed by atoms with van der Waals surface area (Å²) in [6.07, 6.45) is 2.51. The SMILES string of the molecule is O=C1CCCc2nc(CN3CCN(C(=O)c4ccccc4I)CC3)sc21. The highest BCUT2D eigenvalue weighted by molar-refractivity contribution is 14.1. The molecule has 2 aliphatic rings. The van der Waals surface area contributed by atoms with Gasteiger partial charge in [-0.25, -0.2) is 4.98 Å². The number of carbonyl (C=O) groups is 2. The largest absolute Gasteiger partial charge is 0.336 e. The van der Waals surface area contributed by atoms with Crippen molar-refractivity contribution in [2.24, 2.45) is 0 Å². The number of hydrogen-bond acceptors (Lipinski definition) is 5. The van der Waals surface area contributed by atoms with Gasteiger partial charge >= 0.3 is 0 Å². The van der Waals surface area contributed by atoms with Crippen molar-refractivity contribution < 1.29 is 9.59 Å². The standard InChI is InChI=1S/C19H20IN3O2S/c20-14-5-2-1-4-13(14)19(25)23-10-8-22(9-11-23)12-17-21-15-6-3-7-16(24)18(15)26-17/h1-2,4-5H,3,6-12H2. The summed E-state index contributed by atoms with van der Waals surface area (Å²) in [5.41, 5.74) is 1.78. The maximum absolute atomic E-state index is 12.7. The molecular formula is C19H20IN3O2S. The molecule has 2 aromatic rings. The third-order valence-electron chi connectivity index (χ3n) is 4.93. The van der Waals surface area contributed by atoms with E-state index in [1.54, 1.807) is 11.3 Å². The van der Waals surface area contributed by atoms with Crippen LogP contribution in [0, 0.1) is 3.57 Å². The first-order valence-electron chi connectivity index (χ1n) is 8.90. The predicted molar refractivity (Wildman–Crippen MR) is 110 cm³/mol. The van der Waals surface area contributed by atoms with E-state index < -0.39 is 0 Å². The van der Waals surface area contributed by atoms with Gasteiger partial charge in [-0.3, -0.25) is 14.5 Å². The predicted octanol–water partition coefficient (Wildman–Crippen LogP) is 3.22. The summed E-state index contributed by atoms with van der Waals surface area (Å²) in [7, 11) is 0. The molecule has 1 aliphatic heterocycles. The quantitative estimate of drug-likeness (QED) is 0.632. The van der Waals surface area contributed by atoms with Crippen LogP contribution in [0.2, 0.25) is 0 Å². The number of nitrogens with zero attached hydrogens (tertiary/aromatic N) is 3. The maximum Gasteiger partial charge on any atom is 0.255 e. The number of piperazine rings is 1. The highest BCUT2D eigenvalue weighted by Gasteiger charge is 2.26. The molecule has 0 unspecified atom stereocenters. The van der Waals surface area contributed by atoms with E-state index in [0.717, 1.165) is 70.3 Å². The van der Waals surface area contributed by atoms with Gasteiger partial charge in [-0.15, -0.1) is 11.3 Å². The molecule has 26 heavy (non-hydrogen) atoms. The second-order valence-electron chi connectivity index (χ2n) is 6.71. The number of aromatic nitrogens is 1. The Bertz CT molecular complexity index is 843. The van der Waals surface area contributed by atoms with Gasteiger partial charge in [-0.05, 0) is 47.6 Å². The lowest BCUT2D eigenvalue weighted by Gasteiger charge is -2.34. The molecule has 0 N–H and O–H groups in total. The number of Topliss-reactive ketones (excluding diaryl/α,β-unsaturated/α-hetero) is 1. The molecule has 1 aromatic carbocycles. The molecule has 0 spiro atoms. The van der Waals surface area contributed by atoms with Crippen LogP contribution in [0.5, 0.6) is 0 Å². The number of hydrogen-bond donors (Lipinski definition) is 0. The normalized spacial score (nSPS) is 18.0. The first kappa shape index (κ1) is 18.1. The molecule has 1 aliphatic carbocycles. The number of fused-ring (bicyclic) bond motifs is 1. The van der Waals surface area contributed by atoms with Crippen molar-refractivity contribution in [3.8, 4) is 0 Å². The van der Waals surface area contributed by atoms with E-state index in [9.17, 15) is 9.59 Å². The molecule has 1 aromatic heterocycles. The molecule has 5 nitrogen and oxygen atoms in total. The fraction of sp³-hybridized carbons (Fsp3) is 0.421. The van der Waals surface area contributed by atoms with E-state index in [-0.39, 0.29) is 11.7 Å². The molecule has 0 radical (unpaired) electrons. The Morgan fingerprint density at radius 2 is 1.92 bits per heavy atom. The summed E-state index contributed by atoms with van der Waals surface area (Å²) in [5.74, 6) is 0.368. The molecule has 2 heterocycles. The minimum atomic E-state index is 0.116. The number of thiazole rings is 1. The molecule has 1 fully saturated rings. The Balaban J connectivity index is 1.36. The number of halogens is 1. The number of aryl methyl sites for hydroxylation is 1. The van der Waals surface area contributed by atoms with Crippen LogP contribution in [-0.4, -0.2) is 52.7 Å². The monoisotopic (exact) mass is 481 g/mol. The van der Waals surface area contributed by atoms with Gasteiger partial charge in [0.05, 0.1) is 22.7 Å². The molecule has 136 valence electrons. The van der Waals surface area contributed by atoms with Gasteiger partial charge in [-0.1, -0.05) is 12.1 Å². The highest BCUT2D eigenvalue weighted by Crippen LogP contribution is 2.27. The fourth-order valence-electron chi connectivity index (χ4n) is 3.49. The molecule has 1 amide bonds. The zero-order chi connectivity index (χ0) is 18.1. The third-order valence-corrected chi connectivity index (χ3v) is 7.00. The Labute approximate surface area is 170 Å². The number of benzene rings is 1. The molecule has 1 saturated heterocycles. The average molecular weight is 481 g/mol.